The Morgan fingerprint density at radius 2 is 2.26 bits per heavy atom. The standard InChI is InChI=1S/C14H17FN2O2/c1-9-7-17-13(19-9)8-16-10(2)14-11(15)5-4-6-12(14)18-3/h4-7,10,16H,8H2,1-3H3/t10-/m1/s1. The number of nitrogens with zero attached hydrogens (tertiary/aromatic N) is 1. The van der Waals surface area contributed by atoms with Gasteiger partial charge in [-0.1, -0.05) is 6.07 Å². The predicted molar refractivity (Wildman–Crippen MR) is 69.4 cm³/mol. The Bertz CT molecular complexity index is 554. The second kappa shape index (κ2) is 5.84. The third kappa shape index (κ3) is 3.12. The first-order valence-corrected chi connectivity index (χ1v) is 6.09. The fraction of sp³-hybridized carbons (Fsp3) is 0.357. The summed E-state index contributed by atoms with van der Waals surface area (Å²) in [6, 6.07) is 4.59. The summed E-state index contributed by atoms with van der Waals surface area (Å²) >= 11 is 0. The fourth-order valence-electron chi connectivity index (χ4n) is 1.94. The largest absolute Gasteiger partial charge is 0.496 e. The van der Waals surface area contributed by atoms with E-state index in [2.05, 4.69) is 10.3 Å². The molecule has 0 bridgehead atoms. The van der Waals surface area contributed by atoms with Gasteiger partial charge in [0, 0.05) is 11.6 Å². The second-order valence-corrected chi connectivity index (χ2v) is 4.32. The Balaban J connectivity index is 2.09. The van der Waals surface area contributed by atoms with Crippen LogP contribution in [0.1, 0.15) is 30.2 Å². The molecule has 0 spiro atoms. The van der Waals surface area contributed by atoms with E-state index in [1.165, 1.54) is 13.2 Å². The zero-order valence-electron chi connectivity index (χ0n) is 11.2. The first kappa shape index (κ1) is 13.5. The van der Waals surface area contributed by atoms with Crippen molar-refractivity contribution in [3.63, 3.8) is 0 Å². The van der Waals surface area contributed by atoms with Crippen LogP contribution in [0.15, 0.2) is 28.8 Å². The third-order valence-electron chi connectivity index (χ3n) is 2.89. The van der Waals surface area contributed by atoms with Crippen molar-refractivity contribution in [1.29, 1.82) is 0 Å². The van der Waals surface area contributed by atoms with Crippen molar-refractivity contribution in [1.82, 2.24) is 10.3 Å². The maximum Gasteiger partial charge on any atom is 0.208 e. The van der Waals surface area contributed by atoms with E-state index < -0.39 is 0 Å². The van der Waals surface area contributed by atoms with Gasteiger partial charge in [-0.05, 0) is 26.0 Å². The molecule has 2 aromatic rings. The number of oxazole rings is 1. The van der Waals surface area contributed by atoms with Gasteiger partial charge < -0.3 is 14.5 Å². The minimum absolute atomic E-state index is 0.205. The van der Waals surface area contributed by atoms with E-state index in [0.29, 0.717) is 23.7 Å². The van der Waals surface area contributed by atoms with Gasteiger partial charge in [-0.25, -0.2) is 9.37 Å². The van der Waals surface area contributed by atoms with E-state index in [-0.39, 0.29) is 11.9 Å². The van der Waals surface area contributed by atoms with Crippen LogP contribution in [0, 0.1) is 12.7 Å². The molecule has 19 heavy (non-hydrogen) atoms. The summed E-state index contributed by atoms with van der Waals surface area (Å²) in [5.41, 5.74) is 0.508. The lowest BCUT2D eigenvalue weighted by atomic mass is 10.1. The Hall–Kier alpha value is -1.88. The SMILES string of the molecule is COc1cccc(F)c1[C@@H](C)NCc1ncc(C)o1. The molecular formula is C14H17FN2O2. The van der Waals surface area contributed by atoms with Crippen LogP contribution in [0.5, 0.6) is 5.75 Å². The first-order valence-electron chi connectivity index (χ1n) is 6.09. The van der Waals surface area contributed by atoms with Crippen LogP contribution < -0.4 is 10.1 Å². The topological polar surface area (TPSA) is 47.3 Å². The summed E-state index contributed by atoms with van der Waals surface area (Å²) in [5, 5.41) is 3.17. The van der Waals surface area contributed by atoms with Crippen molar-refractivity contribution >= 4 is 0 Å². The van der Waals surface area contributed by atoms with E-state index in [4.69, 9.17) is 9.15 Å². The van der Waals surface area contributed by atoms with Gasteiger partial charge >= 0.3 is 0 Å². The van der Waals surface area contributed by atoms with E-state index in [0.717, 1.165) is 5.76 Å². The van der Waals surface area contributed by atoms with Gasteiger partial charge in [0.25, 0.3) is 0 Å². The van der Waals surface area contributed by atoms with Gasteiger partial charge in [-0.15, -0.1) is 0 Å². The quantitative estimate of drug-likeness (QED) is 0.901. The normalized spacial score (nSPS) is 12.4. The molecule has 1 atom stereocenters. The van der Waals surface area contributed by atoms with Crippen molar-refractivity contribution < 1.29 is 13.5 Å². The van der Waals surface area contributed by atoms with E-state index in [9.17, 15) is 4.39 Å². The lowest BCUT2D eigenvalue weighted by Crippen LogP contribution is -2.20. The molecule has 0 aliphatic rings. The van der Waals surface area contributed by atoms with Gasteiger partial charge in [0.1, 0.15) is 17.3 Å². The minimum atomic E-state index is -0.289. The highest BCUT2D eigenvalue weighted by Gasteiger charge is 2.16. The van der Waals surface area contributed by atoms with Gasteiger partial charge in [0.15, 0.2) is 0 Å². The number of rotatable bonds is 5. The number of benzene rings is 1. The molecule has 0 saturated heterocycles. The molecule has 0 amide bonds. The van der Waals surface area contributed by atoms with Crippen molar-refractivity contribution in [3.8, 4) is 5.75 Å². The molecule has 1 aromatic heterocycles. The Labute approximate surface area is 111 Å². The molecule has 0 fully saturated rings. The highest BCUT2D eigenvalue weighted by molar-refractivity contribution is 5.36. The van der Waals surface area contributed by atoms with Gasteiger partial charge in [0.05, 0.1) is 19.9 Å². The van der Waals surface area contributed by atoms with Crippen molar-refractivity contribution in [2.24, 2.45) is 0 Å². The van der Waals surface area contributed by atoms with E-state index in [1.54, 1.807) is 18.3 Å². The van der Waals surface area contributed by atoms with Crippen LogP contribution in [-0.2, 0) is 6.54 Å². The molecule has 0 unspecified atom stereocenters. The summed E-state index contributed by atoms with van der Waals surface area (Å²) in [7, 11) is 1.53. The zero-order valence-corrected chi connectivity index (χ0v) is 11.2. The lowest BCUT2D eigenvalue weighted by Gasteiger charge is -2.17. The molecule has 5 heteroatoms. The summed E-state index contributed by atoms with van der Waals surface area (Å²) < 4.78 is 24.4. The number of methoxy groups -OCH3 is 1. The number of aryl methyl sites for hydroxylation is 1. The molecule has 0 radical (unpaired) electrons. The molecule has 1 heterocycles. The van der Waals surface area contributed by atoms with E-state index in [1.807, 2.05) is 13.8 Å². The minimum Gasteiger partial charge on any atom is -0.496 e. The number of hydrogen-bond acceptors (Lipinski definition) is 4. The van der Waals surface area contributed by atoms with Crippen molar-refractivity contribution in [2.45, 2.75) is 26.4 Å². The highest BCUT2D eigenvalue weighted by Crippen LogP contribution is 2.27. The summed E-state index contributed by atoms with van der Waals surface area (Å²) in [6.45, 7) is 4.14. The molecule has 2 rings (SSSR count). The van der Waals surface area contributed by atoms with Gasteiger partial charge in [-0.2, -0.15) is 0 Å². The lowest BCUT2D eigenvalue weighted by molar-refractivity contribution is 0.386. The number of halogens is 1. The van der Waals surface area contributed by atoms with Crippen LogP contribution in [-0.4, -0.2) is 12.1 Å². The van der Waals surface area contributed by atoms with E-state index >= 15 is 0 Å². The zero-order chi connectivity index (χ0) is 13.8. The van der Waals surface area contributed by atoms with Crippen LogP contribution in [0.4, 0.5) is 4.39 Å². The van der Waals surface area contributed by atoms with Crippen LogP contribution in [0.3, 0.4) is 0 Å². The molecule has 1 aromatic carbocycles. The average Bonchev–Trinajstić information content (AvgIpc) is 2.81. The van der Waals surface area contributed by atoms with Crippen molar-refractivity contribution in [3.05, 3.63) is 47.4 Å². The van der Waals surface area contributed by atoms with Crippen LogP contribution >= 0.6 is 0 Å². The molecular weight excluding hydrogens is 247 g/mol. The summed E-state index contributed by atoms with van der Waals surface area (Å²) in [6.07, 6.45) is 1.66. The fourth-order valence-corrected chi connectivity index (χ4v) is 1.94. The Morgan fingerprint density at radius 3 is 2.89 bits per heavy atom. The van der Waals surface area contributed by atoms with Gasteiger partial charge in [0.2, 0.25) is 5.89 Å². The number of ether oxygens (including phenoxy) is 1. The van der Waals surface area contributed by atoms with Crippen LogP contribution in [0.2, 0.25) is 0 Å². The number of hydrogen-bond donors (Lipinski definition) is 1. The smallest absolute Gasteiger partial charge is 0.208 e. The Morgan fingerprint density at radius 1 is 1.47 bits per heavy atom. The molecule has 0 saturated carbocycles. The second-order valence-electron chi connectivity index (χ2n) is 4.32. The first-order chi connectivity index (χ1) is 9.11. The maximum absolute atomic E-state index is 13.9. The third-order valence-corrected chi connectivity index (χ3v) is 2.89. The molecule has 1 N–H and O–H groups in total. The molecule has 4 nitrogen and oxygen atoms in total. The summed E-state index contributed by atoms with van der Waals surface area (Å²) in [5.74, 6) is 1.58. The maximum atomic E-state index is 13.9. The highest BCUT2D eigenvalue weighted by atomic mass is 19.1. The molecule has 0 aliphatic heterocycles. The predicted octanol–water partition coefficient (Wildman–Crippen LogP) is 2.98. The average molecular weight is 264 g/mol. The monoisotopic (exact) mass is 264 g/mol. The van der Waals surface area contributed by atoms with Crippen LogP contribution in [0.25, 0.3) is 0 Å². The molecule has 102 valence electrons. The van der Waals surface area contributed by atoms with Crippen molar-refractivity contribution in [2.75, 3.05) is 7.11 Å². The summed E-state index contributed by atoms with van der Waals surface area (Å²) in [4.78, 5) is 4.09. The Kier molecular flexibility index (Phi) is 4.16. The number of aromatic nitrogens is 1. The van der Waals surface area contributed by atoms with Gasteiger partial charge in [-0.3, -0.25) is 0 Å². The number of nitrogens with one attached hydrogen (secondary N) is 1. The molecule has 0 aliphatic carbocycles.